The lowest BCUT2D eigenvalue weighted by molar-refractivity contribution is 0.425. The van der Waals surface area contributed by atoms with Crippen molar-refractivity contribution < 1.29 is 4.42 Å². The summed E-state index contributed by atoms with van der Waals surface area (Å²) >= 11 is 6.25. The highest BCUT2D eigenvalue weighted by molar-refractivity contribution is 6.31. The molecule has 0 aliphatic heterocycles. The summed E-state index contributed by atoms with van der Waals surface area (Å²) in [4.78, 5) is 0. The van der Waals surface area contributed by atoms with Gasteiger partial charge in [-0.1, -0.05) is 18.5 Å². The maximum Gasteiger partial charge on any atom is 0.127 e. The molecule has 0 radical (unpaired) electrons. The van der Waals surface area contributed by atoms with E-state index in [1.54, 1.807) is 6.20 Å². The van der Waals surface area contributed by atoms with Gasteiger partial charge in [-0.15, -0.1) is 0 Å². The van der Waals surface area contributed by atoms with Gasteiger partial charge in [0.15, 0.2) is 0 Å². The Kier molecular flexibility index (Phi) is 4.09. The van der Waals surface area contributed by atoms with Crippen LogP contribution in [0.3, 0.4) is 0 Å². The predicted octanol–water partition coefficient (Wildman–Crippen LogP) is 3.16. The molecule has 0 saturated carbocycles. The lowest BCUT2D eigenvalue weighted by atomic mass is 10.1. The molecular formula is C13H18ClN3O. The molecule has 0 aliphatic carbocycles. The van der Waals surface area contributed by atoms with E-state index in [9.17, 15) is 0 Å². The molecule has 1 N–H and O–H groups in total. The van der Waals surface area contributed by atoms with Crippen LogP contribution in [0, 0.1) is 6.92 Å². The normalized spacial score (nSPS) is 12.9. The van der Waals surface area contributed by atoms with Crippen LogP contribution < -0.4 is 5.32 Å². The van der Waals surface area contributed by atoms with Gasteiger partial charge in [-0.3, -0.25) is 4.68 Å². The van der Waals surface area contributed by atoms with Gasteiger partial charge in [-0.25, -0.2) is 0 Å². The average molecular weight is 268 g/mol. The molecule has 2 aromatic rings. The van der Waals surface area contributed by atoms with Crippen molar-refractivity contribution in [2.24, 2.45) is 0 Å². The first-order chi connectivity index (χ1) is 8.67. The summed E-state index contributed by atoms with van der Waals surface area (Å²) in [5, 5.41) is 8.21. The van der Waals surface area contributed by atoms with Gasteiger partial charge in [0.05, 0.1) is 16.9 Å². The van der Waals surface area contributed by atoms with E-state index in [1.165, 1.54) is 0 Å². The topological polar surface area (TPSA) is 43.0 Å². The minimum Gasteiger partial charge on any atom is -0.464 e. The monoisotopic (exact) mass is 267 g/mol. The summed E-state index contributed by atoms with van der Waals surface area (Å²) in [6.45, 7) is 4.89. The maximum atomic E-state index is 6.25. The standard InChI is InChI=1S/C13H18ClN3O/c1-4-7-17-13(10(14)8-16-17)12(15-3)11-6-5-9(2)18-11/h5-6,8,12,15H,4,7H2,1-3H3. The van der Waals surface area contributed by atoms with Crippen LogP contribution in [-0.4, -0.2) is 16.8 Å². The van der Waals surface area contributed by atoms with Gasteiger partial charge in [0.25, 0.3) is 0 Å². The Morgan fingerprint density at radius 2 is 2.28 bits per heavy atom. The minimum atomic E-state index is -0.0692. The van der Waals surface area contributed by atoms with Crippen LogP contribution in [0.5, 0.6) is 0 Å². The minimum absolute atomic E-state index is 0.0692. The Morgan fingerprint density at radius 1 is 1.50 bits per heavy atom. The van der Waals surface area contributed by atoms with Gasteiger partial charge in [0.2, 0.25) is 0 Å². The highest BCUT2D eigenvalue weighted by Crippen LogP contribution is 2.29. The lowest BCUT2D eigenvalue weighted by Gasteiger charge is -2.16. The van der Waals surface area contributed by atoms with Gasteiger partial charge < -0.3 is 9.73 Å². The molecule has 1 unspecified atom stereocenters. The quantitative estimate of drug-likeness (QED) is 0.905. The molecule has 0 bridgehead atoms. The third-order valence-corrected chi connectivity index (χ3v) is 3.17. The number of aryl methyl sites for hydroxylation is 2. The van der Waals surface area contributed by atoms with Crippen LogP contribution in [0.25, 0.3) is 0 Å². The largest absolute Gasteiger partial charge is 0.464 e. The first kappa shape index (κ1) is 13.2. The van der Waals surface area contributed by atoms with Crippen LogP contribution in [0.15, 0.2) is 22.7 Å². The number of nitrogens with zero attached hydrogens (tertiary/aromatic N) is 2. The maximum absolute atomic E-state index is 6.25. The number of aromatic nitrogens is 2. The average Bonchev–Trinajstić information content (AvgIpc) is 2.91. The first-order valence-corrected chi connectivity index (χ1v) is 6.50. The molecule has 5 heteroatoms. The number of halogens is 1. The number of hydrogen-bond donors (Lipinski definition) is 1. The van der Waals surface area contributed by atoms with Crippen molar-refractivity contribution >= 4 is 11.6 Å². The van der Waals surface area contributed by atoms with E-state index in [1.807, 2.05) is 30.8 Å². The second-order valence-electron chi connectivity index (χ2n) is 4.27. The van der Waals surface area contributed by atoms with Crippen molar-refractivity contribution in [1.29, 1.82) is 0 Å². The Bertz CT molecular complexity index is 518. The molecule has 1 atom stereocenters. The van der Waals surface area contributed by atoms with Crippen molar-refractivity contribution in [3.8, 4) is 0 Å². The fraction of sp³-hybridized carbons (Fsp3) is 0.462. The Hall–Kier alpha value is -1.26. The smallest absolute Gasteiger partial charge is 0.127 e. The molecule has 0 fully saturated rings. The summed E-state index contributed by atoms with van der Waals surface area (Å²) in [6, 6.07) is 3.85. The summed E-state index contributed by atoms with van der Waals surface area (Å²) in [5.74, 6) is 1.75. The van der Waals surface area contributed by atoms with E-state index in [-0.39, 0.29) is 6.04 Å². The highest BCUT2D eigenvalue weighted by atomic mass is 35.5. The number of hydrogen-bond acceptors (Lipinski definition) is 3. The fourth-order valence-electron chi connectivity index (χ4n) is 2.07. The highest BCUT2D eigenvalue weighted by Gasteiger charge is 2.23. The van der Waals surface area contributed by atoms with Crippen molar-refractivity contribution in [3.63, 3.8) is 0 Å². The molecule has 0 aromatic carbocycles. The third-order valence-electron chi connectivity index (χ3n) is 2.88. The Balaban J connectivity index is 2.41. The molecule has 2 aromatic heterocycles. The molecule has 0 aliphatic rings. The second kappa shape index (κ2) is 5.59. The third kappa shape index (κ3) is 2.44. The molecule has 4 nitrogen and oxygen atoms in total. The van der Waals surface area contributed by atoms with E-state index in [0.29, 0.717) is 5.02 Å². The van der Waals surface area contributed by atoms with E-state index < -0.39 is 0 Å². The van der Waals surface area contributed by atoms with Crippen molar-refractivity contribution in [2.75, 3.05) is 7.05 Å². The van der Waals surface area contributed by atoms with Crippen LogP contribution in [0.2, 0.25) is 5.02 Å². The zero-order valence-electron chi connectivity index (χ0n) is 10.9. The van der Waals surface area contributed by atoms with Crippen molar-refractivity contribution in [1.82, 2.24) is 15.1 Å². The number of rotatable bonds is 5. The van der Waals surface area contributed by atoms with E-state index in [4.69, 9.17) is 16.0 Å². The number of furan rings is 1. The van der Waals surface area contributed by atoms with Crippen LogP contribution in [0.1, 0.15) is 36.6 Å². The zero-order chi connectivity index (χ0) is 13.1. The number of nitrogens with one attached hydrogen (secondary N) is 1. The summed E-state index contributed by atoms with van der Waals surface area (Å²) < 4.78 is 7.62. The second-order valence-corrected chi connectivity index (χ2v) is 4.68. The molecule has 18 heavy (non-hydrogen) atoms. The van der Waals surface area contributed by atoms with E-state index in [0.717, 1.165) is 30.2 Å². The van der Waals surface area contributed by atoms with E-state index >= 15 is 0 Å². The van der Waals surface area contributed by atoms with Crippen LogP contribution in [0.4, 0.5) is 0 Å². The fourth-order valence-corrected chi connectivity index (χ4v) is 2.32. The molecule has 0 saturated heterocycles. The summed E-state index contributed by atoms with van der Waals surface area (Å²) in [5.41, 5.74) is 0.954. The van der Waals surface area contributed by atoms with Crippen LogP contribution >= 0.6 is 11.6 Å². The molecule has 2 heterocycles. The van der Waals surface area contributed by atoms with Gasteiger partial charge in [-0.05, 0) is 32.5 Å². The van der Waals surface area contributed by atoms with Gasteiger partial charge >= 0.3 is 0 Å². The Morgan fingerprint density at radius 3 is 2.83 bits per heavy atom. The summed E-state index contributed by atoms with van der Waals surface area (Å²) in [7, 11) is 1.89. The molecule has 2 rings (SSSR count). The molecule has 98 valence electrons. The van der Waals surface area contributed by atoms with Gasteiger partial charge in [-0.2, -0.15) is 5.10 Å². The summed E-state index contributed by atoms with van der Waals surface area (Å²) in [6.07, 6.45) is 2.70. The van der Waals surface area contributed by atoms with Gasteiger partial charge in [0, 0.05) is 6.54 Å². The first-order valence-electron chi connectivity index (χ1n) is 6.12. The Labute approximate surface area is 112 Å². The SMILES string of the molecule is CCCn1ncc(Cl)c1C(NC)c1ccc(C)o1. The van der Waals surface area contributed by atoms with E-state index in [2.05, 4.69) is 17.3 Å². The van der Waals surface area contributed by atoms with Crippen molar-refractivity contribution in [3.05, 3.63) is 40.6 Å². The predicted molar refractivity (Wildman–Crippen MR) is 71.9 cm³/mol. The lowest BCUT2D eigenvalue weighted by Crippen LogP contribution is -2.21. The molecular weight excluding hydrogens is 250 g/mol. The molecule has 0 amide bonds. The zero-order valence-corrected chi connectivity index (χ0v) is 11.7. The molecule has 0 spiro atoms. The van der Waals surface area contributed by atoms with Crippen molar-refractivity contribution in [2.45, 2.75) is 32.9 Å². The van der Waals surface area contributed by atoms with Crippen LogP contribution in [-0.2, 0) is 6.54 Å². The van der Waals surface area contributed by atoms with Gasteiger partial charge in [0.1, 0.15) is 17.6 Å².